The van der Waals surface area contributed by atoms with E-state index in [9.17, 15) is 4.79 Å². The summed E-state index contributed by atoms with van der Waals surface area (Å²) in [5.41, 5.74) is 0. The van der Waals surface area contributed by atoms with Crippen LogP contribution in [0.2, 0.25) is 0 Å². The van der Waals surface area contributed by atoms with E-state index in [2.05, 4.69) is 16.9 Å². The molecule has 0 aromatic rings. The van der Waals surface area contributed by atoms with E-state index in [1.165, 1.54) is 13.2 Å². The smallest absolute Gasteiger partial charge is 0.330 e. The number of esters is 1. The number of methoxy groups -OCH3 is 3. The summed E-state index contributed by atoms with van der Waals surface area (Å²) >= 11 is 0. The molecule has 0 amide bonds. The summed E-state index contributed by atoms with van der Waals surface area (Å²) in [6.07, 6.45) is 15.0. The molecule has 0 aliphatic rings. The zero-order chi connectivity index (χ0) is 15.1. The summed E-state index contributed by atoms with van der Waals surface area (Å²) in [5.74, 6) is -0.286. The van der Waals surface area contributed by atoms with Crippen molar-refractivity contribution in [1.29, 1.82) is 0 Å². The van der Waals surface area contributed by atoms with Crippen LogP contribution in [0.1, 0.15) is 44.9 Å². The van der Waals surface area contributed by atoms with Crippen LogP contribution in [0.3, 0.4) is 0 Å². The van der Waals surface area contributed by atoms with Crippen molar-refractivity contribution < 1.29 is 19.0 Å². The normalized spacial score (nSPS) is 11.8. The Morgan fingerprint density at radius 2 is 1.50 bits per heavy atom. The molecule has 4 heteroatoms. The lowest BCUT2D eigenvalue weighted by molar-refractivity contribution is -0.134. The molecule has 0 heterocycles. The van der Waals surface area contributed by atoms with Gasteiger partial charge in [0.1, 0.15) is 0 Å². The lowest BCUT2D eigenvalue weighted by atomic mass is 10.1. The molecule has 20 heavy (non-hydrogen) atoms. The fourth-order valence-electron chi connectivity index (χ4n) is 1.74. The minimum atomic E-state index is -0.286. The van der Waals surface area contributed by atoms with Crippen molar-refractivity contribution in [2.75, 3.05) is 21.3 Å². The van der Waals surface area contributed by atoms with Gasteiger partial charge in [0.2, 0.25) is 0 Å². The molecule has 0 N–H and O–H groups in total. The predicted octanol–water partition coefficient (Wildman–Crippen LogP) is 3.62. The Hall–Kier alpha value is -1.13. The zero-order valence-corrected chi connectivity index (χ0v) is 13.0. The molecule has 116 valence electrons. The summed E-state index contributed by atoms with van der Waals surface area (Å²) in [6.45, 7) is 0. The summed E-state index contributed by atoms with van der Waals surface area (Å²) in [6, 6.07) is 0. The predicted molar refractivity (Wildman–Crippen MR) is 80.4 cm³/mol. The van der Waals surface area contributed by atoms with Gasteiger partial charge >= 0.3 is 5.97 Å². The topological polar surface area (TPSA) is 44.8 Å². The highest BCUT2D eigenvalue weighted by Gasteiger charge is 2.02. The molecule has 0 saturated carbocycles. The number of hydrogen-bond acceptors (Lipinski definition) is 4. The monoisotopic (exact) mass is 284 g/mol. The maximum absolute atomic E-state index is 10.8. The van der Waals surface area contributed by atoms with Crippen molar-refractivity contribution in [3.05, 3.63) is 24.3 Å². The van der Waals surface area contributed by atoms with E-state index < -0.39 is 0 Å². The summed E-state index contributed by atoms with van der Waals surface area (Å²) < 4.78 is 14.8. The SMILES string of the molecule is COC(=O)/C=C/CCC/C=C\CCCCC(OC)OC. The van der Waals surface area contributed by atoms with Gasteiger partial charge < -0.3 is 14.2 Å². The van der Waals surface area contributed by atoms with Crippen LogP contribution in [0.4, 0.5) is 0 Å². The van der Waals surface area contributed by atoms with Gasteiger partial charge in [-0.2, -0.15) is 0 Å². The first-order chi connectivity index (χ1) is 9.74. The number of carbonyl (C=O) groups excluding carboxylic acids is 1. The van der Waals surface area contributed by atoms with E-state index in [0.29, 0.717) is 0 Å². The van der Waals surface area contributed by atoms with Crippen LogP contribution in [0, 0.1) is 0 Å². The molecule has 4 nitrogen and oxygen atoms in total. The van der Waals surface area contributed by atoms with Crippen LogP contribution in [-0.2, 0) is 19.0 Å². The van der Waals surface area contributed by atoms with E-state index in [1.54, 1.807) is 14.2 Å². The van der Waals surface area contributed by atoms with Crippen LogP contribution < -0.4 is 0 Å². The maximum atomic E-state index is 10.8. The molecule has 0 aliphatic heterocycles. The van der Waals surface area contributed by atoms with Gasteiger partial charge in [-0.3, -0.25) is 0 Å². The third kappa shape index (κ3) is 11.9. The molecule has 0 aliphatic carbocycles. The lowest BCUT2D eigenvalue weighted by Crippen LogP contribution is -2.12. The number of allylic oxidation sites excluding steroid dienone is 3. The molecule has 0 unspecified atom stereocenters. The second-order valence-electron chi connectivity index (χ2n) is 4.51. The van der Waals surface area contributed by atoms with Crippen LogP contribution in [0.5, 0.6) is 0 Å². The Bertz CT molecular complexity index is 280. The summed E-state index contributed by atoms with van der Waals surface area (Å²) in [5, 5.41) is 0. The first kappa shape index (κ1) is 18.9. The highest BCUT2D eigenvalue weighted by atomic mass is 16.7. The third-order valence-corrected chi connectivity index (χ3v) is 2.95. The Morgan fingerprint density at radius 3 is 2.10 bits per heavy atom. The Kier molecular flexibility index (Phi) is 13.5. The van der Waals surface area contributed by atoms with Crippen LogP contribution >= 0.6 is 0 Å². The van der Waals surface area contributed by atoms with E-state index in [1.807, 2.05) is 6.08 Å². The molecule has 0 aromatic heterocycles. The van der Waals surface area contributed by atoms with Crippen LogP contribution in [0.25, 0.3) is 0 Å². The summed E-state index contributed by atoms with van der Waals surface area (Å²) in [4.78, 5) is 10.8. The fourth-order valence-corrected chi connectivity index (χ4v) is 1.74. The van der Waals surface area contributed by atoms with Crippen molar-refractivity contribution in [2.45, 2.75) is 51.2 Å². The zero-order valence-electron chi connectivity index (χ0n) is 13.0. The molecule has 0 atom stereocenters. The molecule has 0 radical (unpaired) electrons. The van der Waals surface area contributed by atoms with Crippen molar-refractivity contribution in [2.24, 2.45) is 0 Å². The van der Waals surface area contributed by atoms with Gasteiger partial charge in [0.05, 0.1) is 7.11 Å². The van der Waals surface area contributed by atoms with Gasteiger partial charge in [0.25, 0.3) is 0 Å². The number of rotatable bonds is 12. The second kappa shape index (κ2) is 14.3. The second-order valence-corrected chi connectivity index (χ2v) is 4.51. The van der Waals surface area contributed by atoms with E-state index >= 15 is 0 Å². The Morgan fingerprint density at radius 1 is 0.900 bits per heavy atom. The van der Waals surface area contributed by atoms with E-state index in [-0.39, 0.29) is 12.3 Å². The highest BCUT2D eigenvalue weighted by molar-refractivity contribution is 5.81. The van der Waals surface area contributed by atoms with Gasteiger partial charge in [0.15, 0.2) is 6.29 Å². The van der Waals surface area contributed by atoms with Crippen molar-refractivity contribution >= 4 is 5.97 Å². The summed E-state index contributed by atoms with van der Waals surface area (Å²) in [7, 11) is 4.72. The van der Waals surface area contributed by atoms with Gasteiger partial charge in [-0.1, -0.05) is 18.2 Å². The van der Waals surface area contributed by atoms with Gasteiger partial charge in [-0.05, 0) is 44.9 Å². The van der Waals surface area contributed by atoms with Crippen molar-refractivity contribution in [3.63, 3.8) is 0 Å². The molecule has 0 rings (SSSR count). The van der Waals surface area contributed by atoms with Crippen molar-refractivity contribution in [3.8, 4) is 0 Å². The van der Waals surface area contributed by atoms with Gasteiger partial charge in [-0.25, -0.2) is 4.79 Å². The largest absolute Gasteiger partial charge is 0.466 e. The average Bonchev–Trinajstić information content (AvgIpc) is 2.48. The number of unbranched alkanes of at least 4 members (excludes halogenated alkanes) is 4. The van der Waals surface area contributed by atoms with E-state index in [4.69, 9.17) is 9.47 Å². The first-order valence-corrected chi connectivity index (χ1v) is 7.19. The standard InChI is InChI=1S/C16H28O4/c1-18-15(17)13-11-9-7-5-4-6-8-10-12-14-16(19-2)20-3/h4,6,11,13,16H,5,7-10,12,14H2,1-3H3/b6-4-,13-11+. The minimum absolute atomic E-state index is 0.0689. The quantitative estimate of drug-likeness (QED) is 0.180. The maximum Gasteiger partial charge on any atom is 0.330 e. The molecule has 0 aromatic carbocycles. The highest BCUT2D eigenvalue weighted by Crippen LogP contribution is 2.07. The van der Waals surface area contributed by atoms with Gasteiger partial charge in [0, 0.05) is 20.3 Å². The fraction of sp³-hybridized carbons (Fsp3) is 0.688. The first-order valence-electron chi connectivity index (χ1n) is 7.19. The molecule has 0 saturated heterocycles. The Labute approximate surface area is 122 Å². The molecule has 0 bridgehead atoms. The van der Waals surface area contributed by atoms with Crippen LogP contribution in [-0.4, -0.2) is 33.6 Å². The van der Waals surface area contributed by atoms with Crippen LogP contribution in [0.15, 0.2) is 24.3 Å². The average molecular weight is 284 g/mol. The third-order valence-electron chi connectivity index (χ3n) is 2.95. The number of ether oxygens (including phenoxy) is 3. The lowest BCUT2D eigenvalue weighted by Gasteiger charge is -2.11. The van der Waals surface area contributed by atoms with Crippen molar-refractivity contribution in [1.82, 2.24) is 0 Å². The molecule has 0 spiro atoms. The van der Waals surface area contributed by atoms with Gasteiger partial charge in [-0.15, -0.1) is 0 Å². The Balaban J connectivity index is 3.36. The molecule has 0 fully saturated rings. The molecular weight excluding hydrogens is 256 g/mol. The minimum Gasteiger partial charge on any atom is -0.466 e. The number of hydrogen-bond donors (Lipinski definition) is 0. The van der Waals surface area contributed by atoms with E-state index in [0.717, 1.165) is 44.9 Å². The molecular formula is C16H28O4. The number of carbonyl (C=O) groups is 1.